The summed E-state index contributed by atoms with van der Waals surface area (Å²) in [5.74, 6) is 0.818. The van der Waals surface area contributed by atoms with Crippen LogP contribution in [0.5, 0.6) is 0 Å². The van der Waals surface area contributed by atoms with Crippen LogP contribution in [0.4, 0.5) is 5.69 Å². The fourth-order valence-corrected chi connectivity index (χ4v) is 3.33. The van der Waals surface area contributed by atoms with E-state index in [4.69, 9.17) is 16.7 Å². The minimum Gasteiger partial charge on any atom is -0.398 e. The number of anilines is 1. The minimum absolute atomic E-state index is 0.559. The number of nitrogens with zero attached hydrogens (tertiary/aromatic N) is 1. The molecule has 0 aromatic heterocycles. The molecule has 2 aromatic carbocycles. The van der Waals surface area contributed by atoms with Gasteiger partial charge in [0.15, 0.2) is 0 Å². The van der Waals surface area contributed by atoms with Gasteiger partial charge in [-0.25, -0.2) is 0 Å². The number of hydrogen-bond acceptors (Lipinski definition) is 3. The molecular weight excluding hydrogens is 294 g/mol. The van der Waals surface area contributed by atoms with Crippen molar-refractivity contribution in [2.24, 2.45) is 11.7 Å². The van der Waals surface area contributed by atoms with Crippen molar-refractivity contribution in [3.63, 3.8) is 0 Å². The summed E-state index contributed by atoms with van der Waals surface area (Å²) in [5, 5.41) is 9.03. The Labute approximate surface area is 144 Å². The Morgan fingerprint density at radius 1 is 1.12 bits per heavy atom. The van der Waals surface area contributed by atoms with Gasteiger partial charge in [0.05, 0.1) is 17.2 Å². The number of nitrogens with two attached hydrogens (primary N) is 2. The molecule has 1 aliphatic rings. The van der Waals surface area contributed by atoms with Gasteiger partial charge in [-0.1, -0.05) is 44.0 Å². The maximum atomic E-state index is 9.03. The average molecular weight is 319 g/mol. The Kier molecular flexibility index (Phi) is 4.59. The predicted molar refractivity (Wildman–Crippen MR) is 98.3 cm³/mol. The van der Waals surface area contributed by atoms with Gasteiger partial charge in [-0.3, -0.25) is 0 Å². The SMILES string of the molecule is CCc1ccc(C(N)(CCC2CC2)c2ccc(C#N)cc2)cc1N. The molecule has 2 aromatic rings. The zero-order valence-corrected chi connectivity index (χ0v) is 14.3. The van der Waals surface area contributed by atoms with E-state index in [1.807, 2.05) is 30.3 Å². The molecular formula is C21H25N3. The summed E-state index contributed by atoms with van der Waals surface area (Å²) in [6, 6.07) is 16.1. The first kappa shape index (κ1) is 16.5. The molecule has 0 saturated heterocycles. The highest BCUT2D eigenvalue weighted by Crippen LogP contribution is 2.40. The van der Waals surface area contributed by atoms with Crippen molar-refractivity contribution in [1.82, 2.24) is 0 Å². The Hall–Kier alpha value is -2.31. The Morgan fingerprint density at radius 2 is 1.79 bits per heavy atom. The minimum atomic E-state index is -0.559. The number of nitriles is 1. The highest BCUT2D eigenvalue weighted by Gasteiger charge is 2.33. The molecule has 1 unspecified atom stereocenters. The van der Waals surface area contributed by atoms with Crippen molar-refractivity contribution in [3.05, 3.63) is 64.7 Å². The van der Waals surface area contributed by atoms with E-state index < -0.39 is 5.54 Å². The number of hydrogen-bond donors (Lipinski definition) is 2. The molecule has 1 saturated carbocycles. The molecule has 1 atom stereocenters. The van der Waals surface area contributed by atoms with E-state index in [-0.39, 0.29) is 0 Å². The van der Waals surface area contributed by atoms with Gasteiger partial charge in [-0.2, -0.15) is 5.26 Å². The maximum absolute atomic E-state index is 9.03. The lowest BCUT2D eigenvalue weighted by atomic mass is 9.79. The van der Waals surface area contributed by atoms with Crippen molar-refractivity contribution in [1.29, 1.82) is 5.26 Å². The molecule has 0 radical (unpaired) electrons. The van der Waals surface area contributed by atoms with Crippen LogP contribution >= 0.6 is 0 Å². The molecule has 124 valence electrons. The zero-order valence-electron chi connectivity index (χ0n) is 14.3. The molecule has 1 fully saturated rings. The Morgan fingerprint density at radius 3 is 2.33 bits per heavy atom. The zero-order chi connectivity index (χ0) is 17.2. The fraction of sp³-hybridized carbons (Fsp3) is 0.381. The van der Waals surface area contributed by atoms with Crippen LogP contribution in [-0.2, 0) is 12.0 Å². The molecule has 0 bridgehead atoms. The predicted octanol–water partition coefficient (Wildman–Crippen LogP) is 4.10. The normalized spacial score (nSPS) is 16.4. The molecule has 3 heteroatoms. The van der Waals surface area contributed by atoms with Crippen LogP contribution in [0.3, 0.4) is 0 Å². The van der Waals surface area contributed by atoms with Gasteiger partial charge < -0.3 is 11.5 Å². The standard InChI is InChI=1S/C21H25N3/c1-2-17-7-10-19(13-20(17)23)21(24,12-11-15-3-4-15)18-8-5-16(14-22)6-9-18/h5-10,13,15H,2-4,11-12,23-24H2,1H3. The monoisotopic (exact) mass is 319 g/mol. The molecule has 24 heavy (non-hydrogen) atoms. The third kappa shape index (κ3) is 3.29. The molecule has 0 heterocycles. The summed E-state index contributed by atoms with van der Waals surface area (Å²) >= 11 is 0. The van der Waals surface area contributed by atoms with Gasteiger partial charge in [0.1, 0.15) is 0 Å². The third-order valence-corrected chi connectivity index (χ3v) is 5.21. The van der Waals surface area contributed by atoms with E-state index in [1.165, 1.54) is 12.8 Å². The first-order valence-electron chi connectivity index (χ1n) is 8.75. The fourth-order valence-electron chi connectivity index (χ4n) is 3.33. The van der Waals surface area contributed by atoms with E-state index in [0.717, 1.165) is 47.6 Å². The van der Waals surface area contributed by atoms with Crippen LogP contribution in [0.25, 0.3) is 0 Å². The number of aryl methyl sites for hydroxylation is 1. The smallest absolute Gasteiger partial charge is 0.0991 e. The summed E-state index contributed by atoms with van der Waals surface area (Å²) in [4.78, 5) is 0. The quantitative estimate of drug-likeness (QED) is 0.787. The molecule has 0 amide bonds. The lowest BCUT2D eigenvalue weighted by Gasteiger charge is -2.32. The van der Waals surface area contributed by atoms with Crippen LogP contribution in [-0.4, -0.2) is 0 Å². The summed E-state index contributed by atoms with van der Waals surface area (Å²) < 4.78 is 0. The highest BCUT2D eigenvalue weighted by molar-refractivity contribution is 5.53. The Balaban J connectivity index is 1.99. The number of nitrogen functional groups attached to an aromatic ring is 1. The summed E-state index contributed by atoms with van der Waals surface area (Å²) in [6.07, 6.45) is 5.59. The van der Waals surface area contributed by atoms with Crippen molar-refractivity contribution < 1.29 is 0 Å². The Bertz CT molecular complexity index is 754. The summed E-state index contributed by atoms with van der Waals surface area (Å²) in [5.41, 5.74) is 17.3. The van der Waals surface area contributed by atoms with Crippen LogP contribution < -0.4 is 11.5 Å². The van der Waals surface area contributed by atoms with Gasteiger partial charge in [0.2, 0.25) is 0 Å². The lowest BCUT2D eigenvalue weighted by Crippen LogP contribution is -2.38. The number of rotatable bonds is 6. The van der Waals surface area contributed by atoms with Gasteiger partial charge in [0, 0.05) is 5.69 Å². The molecule has 3 nitrogen and oxygen atoms in total. The van der Waals surface area contributed by atoms with Crippen LogP contribution in [0.2, 0.25) is 0 Å². The van der Waals surface area contributed by atoms with Crippen LogP contribution in [0.1, 0.15) is 54.9 Å². The van der Waals surface area contributed by atoms with E-state index in [2.05, 4.69) is 25.1 Å². The van der Waals surface area contributed by atoms with Crippen molar-refractivity contribution in [2.75, 3.05) is 5.73 Å². The molecule has 1 aliphatic carbocycles. The van der Waals surface area contributed by atoms with Crippen LogP contribution in [0, 0.1) is 17.2 Å². The van der Waals surface area contributed by atoms with Gasteiger partial charge in [0.25, 0.3) is 0 Å². The van der Waals surface area contributed by atoms with Gasteiger partial charge >= 0.3 is 0 Å². The topological polar surface area (TPSA) is 75.8 Å². The van der Waals surface area contributed by atoms with Gasteiger partial charge in [-0.15, -0.1) is 0 Å². The van der Waals surface area contributed by atoms with Gasteiger partial charge in [-0.05, 0) is 60.1 Å². The van der Waals surface area contributed by atoms with Crippen molar-refractivity contribution in [2.45, 2.75) is 44.6 Å². The van der Waals surface area contributed by atoms with Crippen molar-refractivity contribution >= 4 is 5.69 Å². The summed E-state index contributed by atoms with van der Waals surface area (Å²) in [7, 11) is 0. The van der Waals surface area contributed by atoms with E-state index in [9.17, 15) is 0 Å². The first-order valence-corrected chi connectivity index (χ1v) is 8.75. The first-order chi connectivity index (χ1) is 11.6. The largest absolute Gasteiger partial charge is 0.398 e. The van der Waals surface area contributed by atoms with E-state index in [0.29, 0.717) is 5.56 Å². The second-order valence-corrected chi connectivity index (χ2v) is 6.91. The molecule has 4 N–H and O–H groups in total. The third-order valence-electron chi connectivity index (χ3n) is 5.21. The second kappa shape index (κ2) is 6.67. The molecule has 3 rings (SSSR count). The number of benzene rings is 2. The maximum Gasteiger partial charge on any atom is 0.0991 e. The second-order valence-electron chi connectivity index (χ2n) is 6.91. The highest BCUT2D eigenvalue weighted by atomic mass is 14.7. The van der Waals surface area contributed by atoms with E-state index >= 15 is 0 Å². The average Bonchev–Trinajstić information content (AvgIpc) is 3.44. The molecule has 0 spiro atoms. The van der Waals surface area contributed by atoms with Crippen molar-refractivity contribution in [3.8, 4) is 6.07 Å². The summed E-state index contributed by atoms with van der Waals surface area (Å²) in [6.45, 7) is 2.11. The van der Waals surface area contributed by atoms with E-state index in [1.54, 1.807) is 0 Å². The lowest BCUT2D eigenvalue weighted by molar-refractivity contribution is 0.455. The molecule has 0 aliphatic heterocycles. The van der Waals surface area contributed by atoms with Crippen LogP contribution in [0.15, 0.2) is 42.5 Å².